The van der Waals surface area contributed by atoms with Gasteiger partial charge in [-0.3, -0.25) is 5.01 Å². The van der Waals surface area contributed by atoms with Crippen molar-refractivity contribution < 1.29 is 0 Å². The molecule has 0 unspecified atom stereocenters. The maximum atomic E-state index is 4.10. The number of hydrazone groups is 1. The summed E-state index contributed by atoms with van der Waals surface area (Å²) in [5.41, 5.74) is 1.10. The molecule has 0 radical (unpaired) electrons. The Morgan fingerprint density at radius 2 is 1.69 bits per heavy atom. The molecule has 13 heavy (non-hydrogen) atoms. The van der Waals surface area contributed by atoms with Crippen LogP contribution in [0.15, 0.2) is 35.4 Å². The zero-order valence-electron chi connectivity index (χ0n) is 8.86. The minimum atomic E-state index is 1.10. The van der Waals surface area contributed by atoms with Crippen LogP contribution in [0.1, 0.15) is 20.8 Å². The average Bonchev–Trinajstić information content (AvgIpc) is 2.23. The van der Waals surface area contributed by atoms with Crippen LogP contribution in [0.25, 0.3) is 0 Å². The lowest BCUT2D eigenvalue weighted by Crippen LogP contribution is -2.07. The van der Waals surface area contributed by atoms with Gasteiger partial charge in [-0.25, -0.2) is 0 Å². The van der Waals surface area contributed by atoms with Gasteiger partial charge >= 0.3 is 0 Å². The molecule has 0 N–H and O–H groups in total. The highest BCUT2D eigenvalue weighted by molar-refractivity contribution is 5.57. The predicted octanol–water partition coefficient (Wildman–Crippen LogP) is 3.15. The van der Waals surface area contributed by atoms with E-state index in [4.69, 9.17) is 0 Å². The summed E-state index contributed by atoms with van der Waals surface area (Å²) >= 11 is 0. The normalized spacial score (nSPS) is 9.23. The Balaban J connectivity index is 0.000000671. The number of anilines is 1. The van der Waals surface area contributed by atoms with E-state index in [0.717, 1.165) is 5.69 Å². The van der Waals surface area contributed by atoms with E-state index in [2.05, 4.69) is 5.10 Å². The summed E-state index contributed by atoms with van der Waals surface area (Å²) in [5.74, 6) is 0. The first kappa shape index (κ1) is 11.7. The largest absolute Gasteiger partial charge is 0.269 e. The fraction of sp³-hybridized carbons (Fsp3) is 0.364. The molecule has 1 aromatic carbocycles. The standard InChI is InChI=1S/C9H12N2.C2H6/c1-3-10-11(2)9-7-5-4-6-8-9;1-2/h3-8H,1-2H3;1-2H3. The van der Waals surface area contributed by atoms with Gasteiger partial charge in [-0.15, -0.1) is 0 Å². The van der Waals surface area contributed by atoms with Gasteiger partial charge in [-0.2, -0.15) is 5.10 Å². The first-order valence-electron chi connectivity index (χ1n) is 4.62. The third-order valence-electron chi connectivity index (χ3n) is 1.42. The summed E-state index contributed by atoms with van der Waals surface area (Å²) in [6.45, 7) is 5.90. The van der Waals surface area contributed by atoms with Crippen LogP contribution < -0.4 is 5.01 Å². The van der Waals surface area contributed by atoms with E-state index >= 15 is 0 Å². The first-order chi connectivity index (χ1) is 6.34. The number of hydrogen-bond donors (Lipinski definition) is 0. The molecule has 0 saturated carbocycles. The van der Waals surface area contributed by atoms with Crippen molar-refractivity contribution in [1.29, 1.82) is 0 Å². The molecule has 2 nitrogen and oxygen atoms in total. The van der Waals surface area contributed by atoms with Crippen molar-refractivity contribution in [3.8, 4) is 0 Å². The lowest BCUT2D eigenvalue weighted by Gasteiger charge is -2.11. The van der Waals surface area contributed by atoms with Crippen molar-refractivity contribution in [2.75, 3.05) is 12.1 Å². The van der Waals surface area contributed by atoms with Crippen LogP contribution in [-0.2, 0) is 0 Å². The molecular weight excluding hydrogens is 160 g/mol. The van der Waals surface area contributed by atoms with E-state index in [1.807, 2.05) is 63.2 Å². The summed E-state index contributed by atoms with van der Waals surface area (Å²) < 4.78 is 0. The molecule has 0 atom stereocenters. The van der Waals surface area contributed by atoms with Gasteiger partial charge in [0.1, 0.15) is 0 Å². The Labute approximate surface area is 80.9 Å². The van der Waals surface area contributed by atoms with Crippen LogP contribution in [0.5, 0.6) is 0 Å². The fourth-order valence-electron chi connectivity index (χ4n) is 0.884. The molecule has 0 aliphatic carbocycles. The average molecular weight is 178 g/mol. The highest BCUT2D eigenvalue weighted by Gasteiger charge is 1.92. The maximum Gasteiger partial charge on any atom is 0.0590 e. The van der Waals surface area contributed by atoms with Crippen molar-refractivity contribution in [2.24, 2.45) is 5.10 Å². The van der Waals surface area contributed by atoms with Crippen molar-refractivity contribution in [2.45, 2.75) is 20.8 Å². The van der Waals surface area contributed by atoms with Crippen LogP contribution >= 0.6 is 0 Å². The molecule has 0 aromatic heterocycles. The molecule has 1 rings (SSSR count). The highest BCUT2D eigenvalue weighted by atomic mass is 15.4. The van der Waals surface area contributed by atoms with Crippen LogP contribution in [-0.4, -0.2) is 13.3 Å². The molecule has 2 heteroatoms. The number of nitrogens with zero attached hydrogens (tertiary/aromatic N) is 2. The minimum Gasteiger partial charge on any atom is -0.269 e. The van der Waals surface area contributed by atoms with E-state index in [-0.39, 0.29) is 0 Å². The molecule has 0 amide bonds. The third kappa shape index (κ3) is 4.31. The van der Waals surface area contributed by atoms with Gasteiger partial charge in [0, 0.05) is 13.3 Å². The highest BCUT2D eigenvalue weighted by Crippen LogP contribution is 2.10. The number of para-hydroxylation sites is 1. The van der Waals surface area contributed by atoms with E-state index in [1.54, 1.807) is 6.21 Å². The molecule has 0 spiro atoms. The summed E-state index contributed by atoms with van der Waals surface area (Å²) in [5, 5.41) is 5.94. The second-order valence-corrected chi connectivity index (χ2v) is 2.23. The molecule has 72 valence electrons. The quantitative estimate of drug-likeness (QED) is 0.501. The number of hydrogen-bond acceptors (Lipinski definition) is 2. The molecule has 1 aromatic rings. The Bertz CT molecular complexity index is 229. The Kier molecular flexibility index (Phi) is 6.60. The number of rotatable bonds is 2. The summed E-state index contributed by atoms with van der Waals surface area (Å²) in [6.07, 6.45) is 1.77. The Morgan fingerprint density at radius 3 is 2.15 bits per heavy atom. The molecule has 0 aliphatic heterocycles. The van der Waals surface area contributed by atoms with Crippen molar-refractivity contribution in [3.63, 3.8) is 0 Å². The smallest absolute Gasteiger partial charge is 0.0590 e. The Morgan fingerprint density at radius 1 is 1.15 bits per heavy atom. The molecule has 0 fully saturated rings. The summed E-state index contributed by atoms with van der Waals surface area (Å²) in [6, 6.07) is 10.0. The van der Waals surface area contributed by atoms with Crippen molar-refractivity contribution >= 4 is 11.9 Å². The third-order valence-corrected chi connectivity index (χ3v) is 1.42. The lowest BCUT2D eigenvalue weighted by molar-refractivity contribution is 1.02. The van der Waals surface area contributed by atoms with Gasteiger partial charge in [0.25, 0.3) is 0 Å². The van der Waals surface area contributed by atoms with Gasteiger partial charge in [0.15, 0.2) is 0 Å². The van der Waals surface area contributed by atoms with Gasteiger partial charge in [0.05, 0.1) is 5.69 Å². The predicted molar refractivity (Wildman–Crippen MR) is 60.4 cm³/mol. The van der Waals surface area contributed by atoms with E-state index in [9.17, 15) is 0 Å². The van der Waals surface area contributed by atoms with Gasteiger partial charge in [-0.05, 0) is 19.1 Å². The SMILES string of the molecule is CC.CC=NN(C)c1ccccc1. The second-order valence-electron chi connectivity index (χ2n) is 2.23. The molecular formula is C11H18N2. The molecule has 0 aliphatic rings. The maximum absolute atomic E-state index is 4.10. The van der Waals surface area contributed by atoms with Crippen molar-refractivity contribution in [3.05, 3.63) is 30.3 Å². The topological polar surface area (TPSA) is 15.6 Å². The second kappa shape index (κ2) is 7.35. The van der Waals surface area contributed by atoms with Crippen LogP contribution in [0, 0.1) is 0 Å². The van der Waals surface area contributed by atoms with Crippen LogP contribution in [0.4, 0.5) is 5.69 Å². The van der Waals surface area contributed by atoms with E-state index < -0.39 is 0 Å². The fourth-order valence-corrected chi connectivity index (χ4v) is 0.884. The summed E-state index contributed by atoms with van der Waals surface area (Å²) in [7, 11) is 1.93. The van der Waals surface area contributed by atoms with Gasteiger partial charge in [0.2, 0.25) is 0 Å². The van der Waals surface area contributed by atoms with E-state index in [1.165, 1.54) is 0 Å². The number of benzene rings is 1. The van der Waals surface area contributed by atoms with Crippen LogP contribution in [0.3, 0.4) is 0 Å². The minimum absolute atomic E-state index is 1.10. The zero-order chi connectivity index (χ0) is 10.1. The Hall–Kier alpha value is -1.31. The molecule has 0 heterocycles. The van der Waals surface area contributed by atoms with E-state index in [0.29, 0.717) is 0 Å². The molecule has 0 saturated heterocycles. The van der Waals surface area contributed by atoms with Crippen LogP contribution in [0.2, 0.25) is 0 Å². The van der Waals surface area contributed by atoms with Gasteiger partial charge in [-0.1, -0.05) is 32.0 Å². The summed E-state index contributed by atoms with van der Waals surface area (Å²) in [4.78, 5) is 0. The van der Waals surface area contributed by atoms with Gasteiger partial charge < -0.3 is 0 Å². The lowest BCUT2D eigenvalue weighted by atomic mass is 10.3. The monoisotopic (exact) mass is 178 g/mol. The zero-order valence-corrected chi connectivity index (χ0v) is 8.86. The molecule has 0 bridgehead atoms. The van der Waals surface area contributed by atoms with Crippen molar-refractivity contribution in [1.82, 2.24) is 0 Å². The first-order valence-corrected chi connectivity index (χ1v) is 4.62.